The first kappa shape index (κ1) is 14.1. The number of urea groups is 1. The Morgan fingerprint density at radius 1 is 1.29 bits per heavy atom. The predicted octanol–water partition coefficient (Wildman–Crippen LogP) is 3.32. The first-order chi connectivity index (χ1) is 10.1. The number of rotatable bonds is 2. The second-order valence-electron chi connectivity index (χ2n) is 6.42. The Labute approximate surface area is 126 Å². The van der Waals surface area contributed by atoms with Crippen molar-refractivity contribution >= 4 is 11.9 Å². The molecule has 4 heteroatoms. The fourth-order valence-electron chi connectivity index (χ4n) is 3.60. The van der Waals surface area contributed by atoms with Crippen LogP contribution in [0, 0.1) is 5.92 Å². The standard InChI is InChI=1S/C17H23N3O/c1-13-6-5-10-17(11-9-13)15(18)19-16(21)20(17)12-14-7-3-2-4-8-14/h2-4,7-8,13H,5-6,9-12H2,1H3,(H2,18,19,21). The van der Waals surface area contributed by atoms with Crippen molar-refractivity contribution in [3.8, 4) is 0 Å². The van der Waals surface area contributed by atoms with Gasteiger partial charge in [-0.2, -0.15) is 4.99 Å². The summed E-state index contributed by atoms with van der Waals surface area (Å²) in [7, 11) is 0. The molecule has 0 bridgehead atoms. The van der Waals surface area contributed by atoms with Gasteiger partial charge in [-0.3, -0.25) is 0 Å². The summed E-state index contributed by atoms with van der Waals surface area (Å²) in [5.41, 5.74) is 6.96. The van der Waals surface area contributed by atoms with Gasteiger partial charge in [-0.05, 0) is 30.7 Å². The molecule has 1 aromatic carbocycles. The summed E-state index contributed by atoms with van der Waals surface area (Å²) in [6.07, 6.45) is 5.29. The third kappa shape index (κ3) is 2.55. The van der Waals surface area contributed by atoms with E-state index in [9.17, 15) is 4.79 Å². The van der Waals surface area contributed by atoms with Gasteiger partial charge in [-0.15, -0.1) is 0 Å². The summed E-state index contributed by atoms with van der Waals surface area (Å²) in [6.45, 7) is 2.88. The van der Waals surface area contributed by atoms with E-state index in [1.807, 2.05) is 23.1 Å². The average molecular weight is 285 g/mol. The predicted molar refractivity (Wildman–Crippen MR) is 84.0 cm³/mol. The van der Waals surface area contributed by atoms with Crippen LogP contribution in [0.25, 0.3) is 0 Å². The van der Waals surface area contributed by atoms with Crippen LogP contribution in [0.4, 0.5) is 4.79 Å². The zero-order valence-electron chi connectivity index (χ0n) is 12.6. The Hall–Kier alpha value is -1.84. The number of nitrogens with two attached hydrogens (primary N) is 1. The van der Waals surface area contributed by atoms with Gasteiger partial charge in [0.25, 0.3) is 0 Å². The van der Waals surface area contributed by atoms with Crippen LogP contribution < -0.4 is 5.73 Å². The summed E-state index contributed by atoms with van der Waals surface area (Å²) in [4.78, 5) is 18.3. The minimum Gasteiger partial charge on any atom is -0.385 e. The summed E-state index contributed by atoms with van der Waals surface area (Å²) in [5, 5.41) is 0. The van der Waals surface area contributed by atoms with Gasteiger partial charge in [0.05, 0.1) is 0 Å². The SMILES string of the molecule is CC1CCCC2(CC1)C(N)=NC(=O)N2Cc1ccccc1. The lowest BCUT2D eigenvalue weighted by atomic mass is 9.87. The lowest BCUT2D eigenvalue weighted by molar-refractivity contribution is 0.154. The molecule has 3 rings (SSSR count). The van der Waals surface area contributed by atoms with E-state index in [2.05, 4.69) is 24.0 Å². The van der Waals surface area contributed by atoms with Gasteiger partial charge in [-0.25, -0.2) is 4.79 Å². The number of carbonyl (C=O) groups is 1. The largest absolute Gasteiger partial charge is 0.385 e. The molecule has 2 amide bonds. The van der Waals surface area contributed by atoms with E-state index < -0.39 is 0 Å². The first-order valence-electron chi connectivity index (χ1n) is 7.82. The van der Waals surface area contributed by atoms with Crippen LogP contribution in [0.3, 0.4) is 0 Å². The molecule has 4 nitrogen and oxygen atoms in total. The van der Waals surface area contributed by atoms with Gasteiger partial charge < -0.3 is 10.6 Å². The van der Waals surface area contributed by atoms with E-state index in [0.717, 1.165) is 31.2 Å². The molecule has 0 saturated heterocycles. The molecule has 1 spiro atoms. The number of amidine groups is 1. The van der Waals surface area contributed by atoms with Crippen LogP contribution in [-0.2, 0) is 6.54 Å². The van der Waals surface area contributed by atoms with Crippen molar-refractivity contribution in [3.05, 3.63) is 35.9 Å². The third-order valence-electron chi connectivity index (χ3n) is 4.96. The molecule has 112 valence electrons. The Bertz CT molecular complexity index is 554. The van der Waals surface area contributed by atoms with Gasteiger partial charge in [-0.1, -0.05) is 50.1 Å². The van der Waals surface area contributed by atoms with Gasteiger partial charge in [0, 0.05) is 6.54 Å². The topological polar surface area (TPSA) is 58.7 Å². The van der Waals surface area contributed by atoms with Crippen LogP contribution in [0.2, 0.25) is 0 Å². The molecule has 1 aliphatic carbocycles. The molecular formula is C17H23N3O. The maximum absolute atomic E-state index is 12.3. The number of amides is 2. The minimum atomic E-state index is -0.350. The molecule has 0 radical (unpaired) electrons. The van der Waals surface area contributed by atoms with E-state index >= 15 is 0 Å². The molecule has 1 saturated carbocycles. The van der Waals surface area contributed by atoms with Crippen molar-refractivity contribution in [2.45, 2.75) is 51.1 Å². The zero-order valence-corrected chi connectivity index (χ0v) is 12.6. The van der Waals surface area contributed by atoms with E-state index in [1.54, 1.807) is 0 Å². The Morgan fingerprint density at radius 2 is 2.05 bits per heavy atom. The molecule has 2 unspecified atom stereocenters. The highest BCUT2D eigenvalue weighted by Crippen LogP contribution is 2.39. The number of carbonyl (C=O) groups excluding carboxylic acids is 1. The summed E-state index contributed by atoms with van der Waals surface area (Å²) >= 11 is 0. The Balaban J connectivity index is 1.88. The number of hydrogen-bond acceptors (Lipinski definition) is 2. The van der Waals surface area contributed by atoms with E-state index in [1.165, 1.54) is 6.42 Å². The second kappa shape index (κ2) is 5.51. The highest BCUT2D eigenvalue weighted by Gasteiger charge is 2.48. The van der Waals surface area contributed by atoms with Gasteiger partial charge in [0.2, 0.25) is 0 Å². The molecule has 2 aliphatic rings. The first-order valence-corrected chi connectivity index (χ1v) is 7.82. The summed E-state index contributed by atoms with van der Waals surface area (Å²) in [5.74, 6) is 1.23. The quantitative estimate of drug-likeness (QED) is 0.906. The van der Waals surface area contributed by atoms with Gasteiger partial charge in [0.1, 0.15) is 11.4 Å². The Morgan fingerprint density at radius 3 is 2.81 bits per heavy atom. The minimum absolute atomic E-state index is 0.175. The summed E-state index contributed by atoms with van der Waals surface area (Å²) in [6, 6.07) is 9.92. The number of benzene rings is 1. The second-order valence-corrected chi connectivity index (χ2v) is 6.42. The van der Waals surface area contributed by atoms with Gasteiger partial charge >= 0.3 is 6.03 Å². The van der Waals surface area contributed by atoms with Crippen LogP contribution >= 0.6 is 0 Å². The molecule has 1 aromatic rings. The highest BCUT2D eigenvalue weighted by molar-refractivity contribution is 6.05. The molecule has 0 aromatic heterocycles. The Kier molecular flexibility index (Phi) is 3.70. The molecule has 2 N–H and O–H groups in total. The normalized spacial score (nSPS) is 29.6. The molecule has 1 aliphatic heterocycles. The maximum Gasteiger partial charge on any atom is 0.346 e. The van der Waals surface area contributed by atoms with Crippen molar-refractivity contribution < 1.29 is 4.79 Å². The number of aliphatic imine (C=N–C) groups is 1. The fourth-order valence-corrected chi connectivity index (χ4v) is 3.60. The number of hydrogen-bond donors (Lipinski definition) is 1. The van der Waals surface area contributed by atoms with Crippen molar-refractivity contribution in [1.82, 2.24) is 4.90 Å². The molecule has 2 atom stereocenters. The van der Waals surface area contributed by atoms with Crippen molar-refractivity contribution in [1.29, 1.82) is 0 Å². The molecule has 21 heavy (non-hydrogen) atoms. The van der Waals surface area contributed by atoms with Crippen molar-refractivity contribution in [3.63, 3.8) is 0 Å². The smallest absolute Gasteiger partial charge is 0.346 e. The lowest BCUT2D eigenvalue weighted by Gasteiger charge is -2.37. The fraction of sp³-hybridized carbons (Fsp3) is 0.529. The van der Waals surface area contributed by atoms with E-state index in [0.29, 0.717) is 18.3 Å². The monoisotopic (exact) mass is 285 g/mol. The molecular weight excluding hydrogens is 262 g/mol. The van der Waals surface area contributed by atoms with Crippen LogP contribution in [0.15, 0.2) is 35.3 Å². The van der Waals surface area contributed by atoms with Crippen LogP contribution in [0.1, 0.15) is 44.6 Å². The molecule has 1 heterocycles. The average Bonchev–Trinajstić information content (AvgIpc) is 2.63. The van der Waals surface area contributed by atoms with E-state index in [-0.39, 0.29) is 11.6 Å². The maximum atomic E-state index is 12.3. The third-order valence-corrected chi connectivity index (χ3v) is 4.96. The van der Waals surface area contributed by atoms with Crippen molar-refractivity contribution in [2.24, 2.45) is 16.6 Å². The van der Waals surface area contributed by atoms with E-state index in [4.69, 9.17) is 5.73 Å². The highest BCUT2D eigenvalue weighted by atomic mass is 16.2. The lowest BCUT2D eigenvalue weighted by Crippen LogP contribution is -2.53. The van der Waals surface area contributed by atoms with Crippen LogP contribution in [-0.4, -0.2) is 22.3 Å². The van der Waals surface area contributed by atoms with Crippen LogP contribution in [0.5, 0.6) is 0 Å². The molecule has 1 fully saturated rings. The summed E-state index contributed by atoms with van der Waals surface area (Å²) < 4.78 is 0. The zero-order chi connectivity index (χ0) is 14.9. The van der Waals surface area contributed by atoms with Gasteiger partial charge in [0.15, 0.2) is 0 Å². The number of nitrogens with zero attached hydrogens (tertiary/aromatic N) is 2. The van der Waals surface area contributed by atoms with Crippen molar-refractivity contribution in [2.75, 3.05) is 0 Å².